The topological polar surface area (TPSA) is 87.3 Å². The molecule has 1 aliphatic rings. The second-order valence-corrected chi connectivity index (χ2v) is 12.1. The third-order valence-corrected chi connectivity index (χ3v) is 8.29. The summed E-state index contributed by atoms with van der Waals surface area (Å²) < 4.78 is 132. The quantitative estimate of drug-likeness (QED) is 0.158. The van der Waals surface area contributed by atoms with Crippen molar-refractivity contribution in [3.8, 4) is 0 Å². The molecule has 2 atom stereocenters. The Morgan fingerprint density at radius 2 is 1.36 bits per heavy atom. The number of hydrogen-bond donors (Lipinski definition) is 3. The molecule has 20 heteroatoms. The maximum absolute atomic E-state index is 15.0. The van der Waals surface area contributed by atoms with Crippen molar-refractivity contribution >= 4 is 81.2 Å². The van der Waals surface area contributed by atoms with E-state index in [1.54, 1.807) is 0 Å². The molecule has 1 aliphatic carbocycles. The van der Waals surface area contributed by atoms with E-state index < -0.39 is 86.3 Å². The Labute approximate surface area is 276 Å². The van der Waals surface area contributed by atoms with Crippen molar-refractivity contribution in [3.05, 3.63) is 87.2 Å². The van der Waals surface area contributed by atoms with E-state index >= 15 is 0 Å². The first-order valence-corrected chi connectivity index (χ1v) is 13.9. The summed E-state index contributed by atoms with van der Waals surface area (Å²) in [5.41, 5.74) is -3.22. The largest absolute Gasteiger partial charge is 0.460 e. The average Bonchev–Trinajstić information content (AvgIpc) is 3.55. The van der Waals surface area contributed by atoms with E-state index in [9.17, 15) is 58.3 Å². The summed E-state index contributed by atoms with van der Waals surface area (Å²) in [4.78, 5) is 37.5. The third kappa shape index (κ3) is 6.78. The fourth-order valence-corrected chi connectivity index (χ4v) is 5.46. The number of carbonyl (C=O) groups excluding carboxylic acids is 3. The molecule has 0 spiro atoms. The lowest BCUT2D eigenvalue weighted by Gasteiger charge is -2.27. The van der Waals surface area contributed by atoms with Gasteiger partial charge < -0.3 is 16.0 Å². The first-order valence-electron chi connectivity index (χ1n) is 12.4. The summed E-state index contributed by atoms with van der Waals surface area (Å²) in [6, 6.07) is 7.63. The van der Waals surface area contributed by atoms with Gasteiger partial charge in [-0.25, -0.2) is 13.2 Å². The SMILES string of the molecule is O=C(Nc1ccc(F)c(NC(=O)C(F)(F)C(F)(F)C(F)(F)F)c1F)c1cc(NC(=O)C2[C@H](c3ccc(F)c(Cl)c3)C2(Cl)Cl)ccc1Cl. The van der Waals surface area contributed by atoms with Crippen LogP contribution in [0.1, 0.15) is 21.8 Å². The minimum absolute atomic E-state index is 0.100. The molecule has 0 heterocycles. The van der Waals surface area contributed by atoms with Crippen LogP contribution in [0.25, 0.3) is 0 Å². The maximum Gasteiger partial charge on any atom is 0.460 e. The number of anilines is 3. The standard InChI is InChI=1S/C27H13Cl4F10N3O3/c28-12-3-2-10(42-22(46)18-17(24(18,30)31)9-1-4-14(32)13(29)7-9)8-11(12)21(45)43-16-6-5-15(33)20(19(16)34)44-23(47)25(35,36)26(37,38)27(39,40)41/h1-8,17-18H,(H,42,46)(H,43,45)(H,44,47)/t17-,18?/m0/s1. The lowest BCUT2D eigenvalue weighted by Crippen LogP contribution is -2.57. The molecule has 0 saturated heterocycles. The number of nitrogens with one attached hydrogen (secondary N) is 3. The molecule has 4 rings (SSSR count). The molecule has 0 bridgehead atoms. The average molecular weight is 759 g/mol. The molecule has 3 aromatic rings. The zero-order chi connectivity index (χ0) is 35.4. The van der Waals surface area contributed by atoms with Crippen LogP contribution in [0.15, 0.2) is 48.5 Å². The van der Waals surface area contributed by atoms with Gasteiger partial charge in [0, 0.05) is 11.6 Å². The number of hydrogen-bond acceptors (Lipinski definition) is 3. The summed E-state index contributed by atoms with van der Waals surface area (Å²) in [6.07, 6.45) is -6.91. The van der Waals surface area contributed by atoms with Crippen LogP contribution in [0, 0.1) is 23.4 Å². The van der Waals surface area contributed by atoms with Gasteiger partial charge in [0.1, 0.15) is 21.7 Å². The Morgan fingerprint density at radius 1 is 0.745 bits per heavy atom. The zero-order valence-electron chi connectivity index (χ0n) is 22.3. The van der Waals surface area contributed by atoms with E-state index in [1.807, 2.05) is 5.32 Å². The van der Waals surface area contributed by atoms with E-state index in [0.717, 1.165) is 18.2 Å². The second-order valence-electron chi connectivity index (χ2n) is 9.83. The third-order valence-electron chi connectivity index (χ3n) is 6.73. The van der Waals surface area contributed by atoms with Crippen LogP contribution >= 0.6 is 46.4 Å². The summed E-state index contributed by atoms with van der Waals surface area (Å²) >= 11 is 24.3. The van der Waals surface area contributed by atoms with Crippen molar-refractivity contribution in [1.82, 2.24) is 0 Å². The normalized spacial score (nSPS) is 17.6. The van der Waals surface area contributed by atoms with E-state index in [-0.39, 0.29) is 21.8 Å². The number of benzene rings is 3. The predicted molar refractivity (Wildman–Crippen MR) is 151 cm³/mol. The van der Waals surface area contributed by atoms with Gasteiger partial charge >= 0.3 is 23.9 Å². The molecule has 0 aromatic heterocycles. The molecule has 252 valence electrons. The van der Waals surface area contributed by atoms with Crippen LogP contribution in [-0.4, -0.2) is 40.1 Å². The van der Waals surface area contributed by atoms with Crippen molar-refractivity contribution in [2.24, 2.45) is 5.92 Å². The Kier molecular flexibility index (Phi) is 9.69. The highest BCUT2D eigenvalue weighted by Gasteiger charge is 2.76. The van der Waals surface area contributed by atoms with E-state index in [1.165, 1.54) is 18.2 Å². The second kappa shape index (κ2) is 12.5. The minimum Gasteiger partial charge on any atom is -0.326 e. The van der Waals surface area contributed by atoms with Crippen molar-refractivity contribution in [2.75, 3.05) is 16.0 Å². The lowest BCUT2D eigenvalue weighted by atomic mass is 10.1. The van der Waals surface area contributed by atoms with Gasteiger partial charge in [-0.2, -0.15) is 30.7 Å². The molecule has 1 unspecified atom stereocenters. The highest BCUT2D eigenvalue weighted by Crippen LogP contribution is 2.65. The predicted octanol–water partition coefficient (Wildman–Crippen LogP) is 8.96. The van der Waals surface area contributed by atoms with Gasteiger partial charge in [0.25, 0.3) is 5.91 Å². The van der Waals surface area contributed by atoms with E-state index in [2.05, 4.69) is 5.32 Å². The summed E-state index contributed by atoms with van der Waals surface area (Å²) in [5, 5.41) is 4.33. The maximum atomic E-state index is 15.0. The van der Waals surface area contributed by atoms with Crippen molar-refractivity contribution in [2.45, 2.75) is 28.3 Å². The van der Waals surface area contributed by atoms with Crippen molar-refractivity contribution < 1.29 is 58.3 Å². The zero-order valence-corrected chi connectivity index (χ0v) is 25.3. The van der Waals surface area contributed by atoms with Crippen LogP contribution in [0.5, 0.6) is 0 Å². The molecule has 0 aliphatic heterocycles. The van der Waals surface area contributed by atoms with Gasteiger partial charge in [-0.3, -0.25) is 14.4 Å². The van der Waals surface area contributed by atoms with Crippen molar-refractivity contribution in [3.63, 3.8) is 0 Å². The number of carbonyl (C=O) groups is 3. The lowest BCUT2D eigenvalue weighted by molar-refractivity contribution is -0.343. The highest BCUT2D eigenvalue weighted by molar-refractivity contribution is 6.53. The number of alkyl halides is 9. The Bertz CT molecular complexity index is 1790. The Balaban J connectivity index is 1.52. The van der Waals surface area contributed by atoms with Crippen LogP contribution < -0.4 is 16.0 Å². The molecule has 3 N–H and O–H groups in total. The molecular weight excluding hydrogens is 746 g/mol. The van der Waals surface area contributed by atoms with E-state index in [0.29, 0.717) is 16.9 Å². The minimum atomic E-state index is -6.93. The van der Waals surface area contributed by atoms with Gasteiger partial charge in [-0.15, -0.1) is 23.2 Å². The molecule has 1 saturated carbocycles. The van der Waals surface area contributed by atoms with Crippen LogP contribution in [0.4, 0.5) is 61.0 Å². The van der Waals surface area contributed by atoms with Crippen LogP contribution in [-0.2, 0) is 9.59 Å². The summed E-state index contributed by atoms with van der Waals surface area (Å²) in [5.74, 6) is -25.5. The molecule has 3 amide bonds. The first-order chi connectivity index (χ1) is 21.5. The van der Waals surface area contributed by atoms with Gasteiger partial charge in [-0.05, 0) is 48.0 Å². The van der Waals surface area contributed by atoms with Gasteiger partial charge in [-0.1, -0.05) is 29.3 Å². The van der Waals surface area contributed by atoms with Gasteiger partial charge in [0.15, 0.2) is 5.82 Å². The van der Waals surface area contributed by atoms with Crippen LogP contribution in [0.2, 0.25) is 10.0 Å². The smallest absolute Gasteiger partial charge is 0.326 e. The summed E-state index contributed by atoms with van der Waals surface area (Å²) in [7, 11) is 0. The van der Waals surface area contributed by atoms with E-state index in [4.69, 9.17) is 46.4 Å². The molecule has 47 heavy (non-hydrogen) atoms. The van der Waals surface area contributed by atoms with Gasteiger partial charge in [0.2, 0.25) is 5.91 Å². The number of amides is 3. The Morgan fingerprint density at radius 3 is 1.96 bits per heavy atom. The highest BCUT2D eigenvalue weighted by atomic mass is 35.5. The molecule has 0 radical (unpaired) electrons. The molecular formula is C27H13Cl4F10N3O3. The molecule has 3 aromatic carbocycles. The first kappa shape index (κ1) is 36.4. The monoisotopic (exact) mass is 757 g/mol. The fourth-order valence-electron chi connectivity index (χ4n) is 4.24. The number of halogens is 14. The fraction of sp³-hybridized carbons (Fsp3) is 0.222. The number of rotatable bonds is 8. The van der Waals surface area contributed by atoms with Gasteiger partial charge in [0.05, 0.1) is 27.2 Å². The molecule has 6 nitrogen and oxygen atoms in total. The Hall–Kier alpha value is -3.47. The van der Waals surface area contributed by atoms with Crippen molar-refractivity contribution in [1.29, 1.82) is 0 Å². The van der Waals surface area contributed by atoms with Crippen LogP contribution in [0.3, 0.4) is 0 Å². The summed E-state index contributed by atoms with van der Waals surface area (Å²) in [6.45, 7) is 0. The molecule has 1 fully saturated rings.